The fraction of sp³-hybridized carbons (Fsp3) is 0.364. The minimum Gasteiger partial charge on any atom is -0.380 e. The minimum absolute atomic E-state index is 0.0734. The van der Waals surface area contributed by atoms with E-state index in [0.29, 0.717) is 5.39 Å². The van der Waals surface area contributed by atoms with E-state index in [1.807, 2.05) is 0 Å². The lowest BCUT2D eigenvalue weighted by Gasteiger charge is -2.26. The van der Waals surface area contributed by atoms with E-state index in [0.717, 1.165) is 37.7 Å². The van der Waals surface area contributed by atoms with Crippen LogP contribution in [0.4, 0.5) is 24.5 Å². The van der Waals surface area contributed by atoms with Crippen LogP contribution < -0.4 is 10.6 Å². The molecule has 0 spiro atoms. The number of aromatic amines is 1. The lowest BCUT2D eigenvalue weighted by Crippen LogP contribution is -2.32. The van der Waals surface area contributed by atoms with Crippen LogP contribution in [0.15, 0.2) is 46.5 Å². The van der Waals surface area contributed by atoms with Gasteiger partial charge in [0.25, 0.3) is 0 Å². The van der Waals surface area contributed by atoms with Crippen molar-refractivity contribution in [2.75, 3.05) is 10.6 Å². The fourth-order valence-corrected chi connectivity index (χ4v) is 5.33. The number of aryl methyl sites for hydroxylation is 1. The van der Waals surface area contributed by atoms with Crippen LogP contribution in [0.5, 0.6) is 0 Å². The maximum atomic E-state index is 13.5. The summed E-state index contributed by atoms with van der Waals surface area (Å²) in [5.41, 5.74) is 0.600. The van der Waals surface area contributed by atoms with Crippen molar-refractivity contribution in [1.29, 1.82) is 0 Å². The molecule has 1 aliphatic carbocycles. The smallest absolute Gasteiger partial charge is 0.380 e. The number of H-pyrrole nitrogens is 1. The van der Waals surface area contributed by atoms with Crippen LogP contribution >= 0.6 is 0 Å². The molecule has 1 aromatic carbocycles. The van der Waals surface area contributed by atoms with Gasteiger partial charge in [-0.25, -0.2) is 13.4 Å². The Labute approximate surface area is 188 Å². The van der Waals surface area contributed by atoms with Crippen LogP contribution in [0.1, 0.15) is 37.7 Å². The SMILES string of the molecule is Cc1ccc(S(=O)(=O)c2nc3[nH]ccc3c(NC3CCCCC3)c2NC(=O)C(F)(F)F)cc1. The number of halogens is 3. The highest BCUT2D eigenvalue weighted by atomic mass is 32.2. The summed E-state index contributed by atoms with van der Waals surface area (Å²) in [5, 5.41) is 4.73. The van der Waals surface area contributed by atoms with Gasteiger partial charge in [-0.15, -0.1) is 0 Å². The van der Waals surface area contributed by atoms with E-state index < -0.39 is 32.6 Å². The lowest BCUT2D eigenvalue weighted by atomic mass is 9.95. The number of amides is 1. The van der Waals surface area contributed by atoms with Crippen molar-refractivity contribution in [3.05, 3.63) is 42.1 Å². The monoisotopic (exact) mass is 480 g/mol. The van der Waals surface area contributed by atoms with Gasteiger partial charge in [0.1, 0.15) is 11.3 Å². The van der Waals surface area contributed by atoms with Gasteiger partial charge in [0.05, 0.1) is 10.6 Å². The predicted molar refractivity (Wildman–Crippen MR) is 118 cm³/mol. The van der Waals surface area contributed by atoms with Crippen LogP contribution in [-0.2, 0) is 14.6 Å². The molecule has 0 bridgehead atoms. The van der Waals surface area contributed by atoms with Crippen LogP contribution in [0.3, 0.4) is 0 Å². The van der Waals surface area contributed by atoms with E-state index in [-0.39, 0.29) is 22.3 Å². The Morgan fingerprint density at radius 3 is 2.36 bits per heavy atom. The third-order valence-corrected chi connectivity index (χ3v) is 7.40. The quantitative estimate of drug-likeness (QED) is 0.479. The second-order valence-electron chi connectivity index (χ2n) is 8.15. The summed E-state index contributed by atoms with van der Waals surface area (Å²) in [5.74, 6) is -2.27. The van der Waals surface area contributed by atoms with Gasteiger partial charge in [0.15, 0.2) is 5.03 Å². The number of anilines is 2. The molecule has 7 nitrogen and oxygen atoms in total. The zero-order chi connectivity index (χ0) is 23.8. The number of pyridine rings is 1. The van der Waals surface area contributed by atoms with Gasteiger partial charge in [0, 0.05) is 17.6 Å². The van der Waals surface area contributed by atoms with Crippen molar-refractivity contribution in [2.24, 2.45) is 0 Å². The molecule has 2 aromatic heterocycles. The van der Waals surface area contributed by atoms with Gasteiger partial charge in [-0.05, 0) is 38.0 Å². The van der Waals surface area contributed by atoms with Crippen LogP contribution in [0, 0.1) is 6.92 Å². The number of alkyl halides is 3. The zero-order valence-corrected chi connectivity index (χ0v) is 18.6. The molecule has 1 aliphatic rings. The number of fused-ring (bicyclic) bond motifs is 1. The predicted octanol–water partition coefficient (Wildman–Crippen LogP) is 4.95. The number of nitrogens with one attached hydrogen (secondary N) is 3. The molecule has 3 aromatic rings. The molecule has 2 heterocycles. The van der Waals surface area contributed by atoms with E-state index in [1.54, 1.807) is 30.4 Å². The first kappa shape index (κ1) is 23.1. The molecule has 33 heavy (non-hydrogen) atoms. The van der Waals surface area contributed by atoms with E-state index >= 15 is 0 Å². The molecule has 0 saturated heterocycles. The summed E-state index contributed by atoms with van der Waals surface area (Å²) in [6.07, 6.45) is 0.803. The number of benzene rings is 1. The Balaban J connectivity index is 1.93. The number of aromatic nitrogens is 2. The van der Waals surface area contributed by atoms with Gasteiger partial charge in [-0.3, -0.25) is 4.79 Å². The molecule has 1 amide bonds. The Bertz CT molecular complexity index is 1280. The molecule has 0 radical (unpaired) electrons. The maximum absolute atomic E-state index is 13.5. The normalized spacial score (nSPS) is 15.5. The molecule has 0 unspecified atom stereocenters. The minimum atomic E-state index is -5.21. The van der Waals surface area contributed by atoms with Crippen LogP contribution in [0.25, 0.3) is 11.0 Å². The topological polar surface area (TPSA) is 104 Å². The molecule has 0 aliphatic heterocycles. The van der Waals surface area contributed by atoms with Gasteiger partial charge < -0.3 is 15.6 Å². The van der Waals surface area contributed by atoms with E-state index in [9.17, 15) is 26.4 Å². The number of sulfone groups is 1. The summed E-state index contributed by atoms with van der Waals surface area (Å²) >= 11 is 0. The average Bonchev–Trinajstić information content (AvgIpc) is 3.24. The molecule has 4 rings (SSSR count). The van der Waals surface area contributed by atoms with Crippen molar-refractivity contribution in [1.82, 2.24) is 9.97 Å². The molecule has 1 saturated carbocycles. The van der Waals surface area contributed by atoms with Gasteiger partial charge in [-0.2, -0.15) is 13.2 Å². The van der Waals surface area contributed by atoms with Crippen molar-refractivity contribution in [3.8, 4) is 0 Å². The Kier molecular flexibility index (Phi) is 6.08. The summed E-state index contributed by atoms with van der Waals surface area (Å²) in [6.45, 7) is 1.78. The van der Waals surface area contributed by atoms with Gasteiger partial charge in [0.2, 0.25) is 9.84 Å². The number of carbonyl (C=O) groups excluding carboxylic acids is 1. The van der Waals surface area contributed by atoms with Crippen LogP contribution in [-0.4, -0.2) is 36.5 Å². The molecule has 1 fully saturated rings. The second kappa shape index (κ2) is 8.69. The Morgan fingerprint density at radius 2 is 1.73 bits per heavy atom. The number of carbonyl (C=O) groups is 1. The molecular formula is C22H23F3N4O3S. The highest BCUT2D eigenvalue weighted by Crippen LogP contribution is 2.39. The molecule has 0 atom stereocenters. The first-order valence-electron chi connectivity index (χ1n) is 10.5. The van der Waals surface area contributed by atoms with Crippen LogP contribution in [0.2, 0.25) is 0 Å². The third kappa shape index (κ3) is 4.68. The number of hydrogen-bond acceptors (Lipinski definition) is 5. The molecule has 11 heteroatoms. The molecule has 176 valence electrons. The first-order chi connectivity index (χ1) is 15.6. The van der Waals surface area contributed by atoms with Crippen molar-refractivity contribution in [2.45, 2.75) is 61.2 Å². The number of hydrogen-bond donors (Lipinski definition) is 3. The van der Waals surface area contributed by atoms with Gasteiger partial charge in [-0.1, -0.05) is 37.0 Å². The zero-order valence-electron chi connectivity index (χ0n) is 17.8. The Hall–Kier alpha value is -3.08. The summed E-state index contributed by atoms with van der Waals surface area (Å²) in [6, 6.07) is 7.38. The molecular weight excluding hydrogens is 457 g/mol. The summed E-state index contributed by atoms with van der Waals surface area (Å²) < 4.78 is 66.4. The average molecular weight is 481 g/mol. The Morgan fingerprint density at radius 1 is 1.06 bits per heavy atom. The van der Waals surface area contributed by atoms with Gasteiger partial charge >= 0.3 is 12.1 Å². The molecule has 3 N–H and O–H groups in total. The van der Waals surface area contributed by atoms with Crippen molar-refractivity contribution < 1.29 is 26.4 Å². The fourth-order valence-electron chi connectivity index (χ4n) is 3.98. The standard InChI is InChI=1S/C22H23F3N4O3S/c1-13-7-9-15(10-8-13)33(31,32)20-18(28-21(30)22(23,24)25)17(16-11-12-26-19(16)29-20)27-14-5-3-2-4-6-14/h7-12,14H,2-6H2,1H3,(H,28,30)(H2,26,27,29). The van der Waals surface area contributed by atoms with Crippen molar-refractivity contribution in [3.63, 3.8) is 0 Å². The third-order valence-electron chi connectivity index (χ3n) is 5.71. The highest BCUT2D eigenvalue weighted by Gasteiger charge is 2.41. The first-order valence-corrected chi connectivity index (χ1v) is 12.0. The number of rotatable bonds is 5. The second-order valence-corrected chi connectivity index (χ2v) is 10.0. The summed E-state index contributed by atoms with van der Waals surface area (Å²) in [4.78, 5) is 18.7. The largest absolute Gasteiger partial charge is 0.471 e. The van der Waals surface area contributed by atoms with E-state index in [2.05, 4.69) is 15.3 Å². The highest BCUT2D eigenvalue weighted by molar-refractivity contribution is 7.91. The summed E-state index contributed by atoms with van der Waals surface area (Å²) in [7, 11) is -4.36. The van der Waals surface area contributed by atoms with E-state index in [4.69, 9.17) is 0 Å². The number of nitrogens with zero attached hydrogens (tertiary/aromatic N) is 1. The lowest BCUT2D eigenvalue weighted by molar-refractivity contribution is -0.167. The van der Waals surface area contributed by atoms with E-state index in [1.165, 1.54) is 18.3 Å². The maximum Gasteiger partial charge on any atom is 0.471 e. The van der Waals surface area contributed by atoms with Crippen molar-refractivity contribution >= 4 is 38.2 Å².